The molecule has 2 aromatic rings. The molecular weight excluding hydrogens is 397 g/mol. The number of anilines is 1. The molecule has 0 radical (unpaired) electrons. The van der Waals surface area contributed by atoms with E-state index in [2.05, 4.69) is 0 Å². The number of benzene rings is 2. The normalized spacial score (nSPS) is 14.6. The third-order valence-electron chi connectivity index (χ3n) is 4.87. The van der Waals surface area contributed by atoms with E-state index < -0.39 is 0 Å². The number of nitrogens with zero attached hydrogens (tertiary/aromatic N) is 3. The van der Waals surface area contributed by atoms with Crippen LogP contribution in [-0.4, -0.2) is 61.9 Å². The van der Waals surface area contributed by atoms with Gasteiger partial charge in [-0.2, -0.15) is 0 Å². The van der Waals surface area contributed by atoms with E-state index in [9.17, 15) is 9.59 Å². The number of halogens is 2. The van der Waals surface area contributed by atoms with Crippen molar-refractivity contribution in [3.63, 3.8) is 0 Å². The van der Waals surface area contributed by atoms with Gasteiger partial charge in [0.25, 0.3) is 11.8 Å². The minimum atomic E-state index is -0.0943. The molecule has 0 aliphatic carbocycles. The highest BCUT2D eigenvalue weighted by atomic mass is 35.5. The fraction of sp³-hybridized carbons (Fsp3) is 0.333. The summed E-state index contributed by atoms with van der Waals surface area (Å²) in [4.78, 5) is 31.2. The Morgan fingerprint density at radius 2 is 1.32 bits per heavy atom. The van der Waals surface area contributed by atoms with E-state index in [0.717, 1.165) is 12.1 Å². The molecule has 5 nitrogen and oxygen atoms in total. The zero-order valence-corrected chi connectivity index (χ0v) is 17.5. The SMILES string of the molecule is CN(C)c1ccc(C(=O)N2CCCN(C(=O)c3ccc(Cl)c(Cl)c3)CC2)cc1. The van der Waals surface area contributed by atoms with Gasteiger partial charge in [0.15, 0.2) is 0 Å². The van der Waals surface area contributed by atoms with Crippen molar-refractivity contribution in [2.45, 2.75) is 6.42 Å². The molecule has 1 heterocycles. The highest BCUT2D eigenvalue weighted by molar-refractivity contribution is 6.42. The molecular formula is C21H23Cl2N3O2. The lowest BCUT2D eigenvalue weighted by Crippen LogP contribution is -2.37. The van der Waals surface area contributed by atoms with Gasteiger partial charge in [0, 0.05) is 57.1 Å². The molecule has 0 atom stereocenters. The Labute approximate surface area is 175 Å². The van der Waals surface area contributed by atoms with Gasteiger partial charge in [0.1, 0.15) is 0 Å². The molecule has 28 heavy (non-hydrogen) atoms. The van der Waals surface area contributed by atoms with Gasteiger partial charge in [-0.05, 0) is 48.9 Å². The van der Waals surface area contributed by atoms with Crippen molar-refractivity contribution in [1.29, 1.82) is 0 Å². The van der Waals surface area contributed by atoms with Crippen LogP contribution in [0.4, 0.5) is 5.69 Å². The molecule has 1 saturated heterocycles. The molecule has 0 spiro atoms. The first kappa shape index (κ1) is 20.5. The van der Waals surface area contributed by atoms with E-state index in [1.165, 1.54) is 0 Å². The predicted octanol–water partition coefficient (Wildman–Crippen LogP) is 4.05. The summed E-state index contributed by atoms with van der Waals surface area (Å²) in [5.41, 5.74) is 2.22. The second kappa shape index (κ2) is 8.84. The van der Waals surface area contributed by atoms with Crippen LogP contribution in [-0.2, 0) is 0 Å². The lowest BCUT2D eigenvalue weighted by Gasteiger charge is -2.23. The fourth-order valence-corrected chi connectivity index (χ4v) is 3.52. The molecule has 7 heteroatoms. The monoisotopic (exact) mass is 419 g/mol. The molecule has 3 rings (SSSR count). The zero-order valence-electron chi connectivity index (χ0n) is 16.0. The average molecular weight is 420 g/mol. The molecule has 1 aliphatic rings. The average Bonchev–Trinajstić information content (AvgIpc) is 2.95. The molecule has 0 N–H and O–H groups in total. The van der Waals surface area contributed by atoms with Crippen LogP contribution < -0.4 is 4.90 Å². The minimum absolute atomic E-state index is 0.00542. The van der Waals surface area contributed by atoms with Crippen molar-refractivity contribution >= 4 is 40.7 Å². The highest BCUT2D eigenvalue weighted by Gasteiger charge is 2.24. The number of amides is 2. The first-order valence-electron chi connectivity index (χ1n) is 9.18. The number of carbonyl (C=O) groups is 2. The van der Waals surface area contributed by atoms with Crippen LogP contribution in [0.15, 0.2) is 42.5 Å². The Kier molecular flexibility index (Phi) is 6.47. The molecule has 0 saturated carbocycles. The summed E-state index contributed by atoms with van der Waals surface area (Å²) < 4.78 is 0. The Morgan fingerprint density at radius 3 is 1.86 bits per heavy atom. The standard InChI is InChI=1S/C21H23Cl2N3O2/c1-24(2)17-7-4-15(5-8-17)20(27)25-10-3-11-26(13-12-25)21(28)16-6-9-18(22)19(23)14-16/h4-9,14H,3,10-13H2,1-2H3. The van der Waals surface area contributed by atoms with E-state index in [0.29, 0.717) is 47.4 Å². The third-order valence-corrected chi connectivity index (χ3v) is 5.61. The maximum atomic E-state index is 12.8. The van der Waals surface area contributed by atoms with Crippen molar-refractivity contribution in [3.8, 4) is 0 Å². The molecule has 0 bridgehead atoms. The molecule has 148 valence electrons. The largest absolute Gasteiger partial charge is 0.378 e. The fourth-order valence-electron chi connectivity index (χ4n) is 3.22. The summed E-state index contributed by atoms with van der Waals surface area (Å²) in [6.45, 7) is 2.21. The first-order chi connectivity index (χ1) is 13.4. The summed E-state index contributed by atoms with van der Waals surface area (Å²) in [6, 6.07) is 12.5. The van der Waals surface area contributed by atoms with Crippen LogP contribution in [0.2, 0.25) is 10.0 Å². The molecule has 2 aromatic carbocycles. The predicted molar refractivity (Wildman–Crippen MR) is 114 cm³/mol. The Balaban J connectivity index is 1.66. The number of carbonyl (C=O) groups excluding carboxylic acids is 2. The van der Waals surface area contributed by atoms with Gasteiger partial charge in [0.05, 0.1) is 10.0 Å². The molecule has 0 aromatic heterocycles. The van der Waals surface area contributed by atoms with Gasteiger partial charge in [0.2, 0.25) is 0 Å². The second-order valence-corrected chi connectivity index (χ2v) is 7.82. The Morgan fingerprint density at radius 1 is 0.786 bits per heavy atom. The topological polar surface area (TPSA) is 43.9 Å². The minimum Gasteiger partial charge on any atom is -0.378 e. The van der Waals surface area contributed by atoms with Crippen LogP contribution in [0.5, 0.6) is 0 Å². The van der Waals surface area contributed by atoms with Gasteiger partial charge in [-0.3, -0.25) is 9.59 Å². The summed E-state index contributed by atoms with van der Waals surface area (Å²) in [5.74, 6) is -0.0997. The van der Waals surface area contributed by atoms with E-state index in [1.54, 1.807) is 23.1 Å². The van der Waals surface area contributed by atoms with Crippen molar-refractivity contribution in [2.24, 2.45) is 0 Å². The maximum Gasteiger partial charge on any atom is 0.253 e. The van der Waals surface area contributed by atoms with Gasteiger partial charge in [-0.15, -0.1) is 0 Å². The van der Waals surface area contributed by atoms with Crippen LogP contribution in [0, 0.1) is 0 Å². The Hall–Kier alpha value is -2.24. The lowest BCUT2D eigenvalue weighted by molar-refractivity contribution is 0.0719. The van der Waals surface area contributed by atoms with Crippen LogP contribution in [0.3, 0.4) is 0 Å². The van der Waals surface area contributed by atoms with E-state index >= 15 is 0 Å². The van der Waals surface area contributed by atoms with Crippen LogP contribution in [0.1, 0.15) is 27.1 Å². The summed E-state index contributed by atoms with van der Waals surface area (Å²) >= 11 is 12.0. The molecule has 1 aliphatic heterocycles. The van der Waals surface area contributed by atoms with Gasteiger partial charge in [-0.25, -0.2) is 0 Å². The number of hydrogen-bond acceptors (Lipinski definition) is 3. The van der Waals surface area contributed by atoms with Crippen molar-refractivity contribution in [1.82, 2.24) is 9.80 Å². The number of rotatable bonds is 3. The smallest absolute Gasteiger partial charge is 0.253 e. The van der Waals surface area contributed by atoms with Crippen LogP contribution in [0.25, 0.3) is 0 Å². The summed E-state index contributed by atoms with van der Waals surface area (Å²) in [5, 5.41) is 0.784. The van der Waals surface area contributed by atoms with Crippen molar-refractivity contribution in [3.05, 3.63) is 63.6 Å². The molecule has 1 fully saturated rings. The van der Waals surface area contributed by atoms with Crippen LogP contribution >= 0.6 is 23.2 Å². The lowest BCUT2D eigenvalue weighted by atomic mass is 10.1. The van der Waals surface area contributed by atoms with Gasteiger partial charge >= 0.3 is 0 Å². The van der Waals surface area contributed by atoms with E-state index in [4.69, 9.17) is 23.2 Å². The highest BCUT2D eigenvalue weighted by Crippen LogP contribution is 2.23. The van der Waals surface area contributed by atoms with Gasteiger partial charge < -0.3 is 14.7 Å². The first-order valence-corrected chi connectivity index (χ1v) is 9.93. The van der Waals surface area contributed by atoms with Gasteiger partial charge in [-0.1, -0.05) is 23.2 Å². The Bertz CT molecular complexity index is 868. The van der Waals surface area contributed by atoms with E-state index in [1.807, 2.05) is 48.2 Å². The second-order valence-electron chi connectivity index (χ2n) is 7.01. The van der Waals surface area contributed by atoms with E-state index in [-0.39, 0.29) is 11.8 Å². The summed E-state index contributed by atoms with van der Waals surface area (Å²) in [6.07, 6.45) is 0.731. The maximum absolute atomic E-state index is 12.8. The molecule has 0 unspecified atom stereocenters. The molecule has 2 amide bonds. The summed E-state index contributed by atoms with van der Waals surface area (Å²) in [7, 11) is 3.93. The van der Waals surface area contributed by atoms with Crippen molar-refractivity contribution in [2.75, 3.05) is 45.2 Å². The third kappa shape index (κ3) is 4.59. The zero-order chi connectivity index (χ0) is 20.3. The quantitative estimate of drug-likeness (QED) is 0.753. The van der Waals surface area contributed by atoms with Crippen molar-refractivity contribution < 1.29 is 9.59 Å². The number of hydrogen-bond donors (Lipinski definition) is 0.